The molecule has 2 aromatic heterocycles. The Hall–Kier alpha value is -0.990. The van der Waals surface area contributed by atoms with E-state index in [-0.39, 0.29) is 5.92 Å². The molecule has 0 bridgehead atoms. The third-order valence-corrected chi connectivity index (χ3v) is 4.23. The molecule has 0 aliphatic rings. The molecule has 0 radical (unpaired) electrons. The number of alkyl halides is 1. The summed E-state index contributed by atoms with van der Waals surface area (Å²) in [4.78, 5) is 10.7. The number of halogens is 1. The highest BCUT2D eigenvalue weighted by atomic mass is 79.9. The molecule has 0 aliphatic heterocycles. The standard InChI is InChI=1S/C11H10BrN3S/c1-2-8-3-9-10(7(4-12)5-13)14-6-15-11(9)16-8/h3,6-7H,2,4H2,1H3. The number of rotatable bonds is 3. The fourth-order valence-electron chi connectivity index (χ4n) is 1.54. The Morgan fingerprint density at radius 3 is 3.00 bits per heavy atom. The summed E-state index contributed by atoms with van der Waals surface area (Å²) in [5.74, 6) is -0.204. The molecule has 0 saturated carbocycles. The van der Waals surface area contributed by atoms with E-state index in [1.165, 1.54) is 4.88 Å². The number of hydrogen-bond donors (Lipinski definition) is 0. The van der Waals surface area contributed by atoms with Crippen LogP contribution < -0.4 is 0 Å². The molecule has 82 valence electrons. The summed E-state index contributed by atoms with van der Waals surface area (Å²) in [5, 5.41) is 10.7. The average molecular weight is 296 g/mol. The van der Waals surface area contributed by atoms with Crippen molar-refractivity contribution >= 4 is 37.5 Å². The lowest BCUT2D eigenvalue weighted by molar-refractivity contribution is 0.943. The van der Waals surface area contributed by atoms with E-state index in [0.29, 0.717) is 5.33 Å². The summed E-state index contributed by atoms with van der Waals surface area (Å²) < 4.78 is 0. The summed E-state index contributed by atoms with van der Waals surface area (Å²) in [6, 6.07) is 4.35. The third-order valence-electron chi connectivity index (χ3n) is 2.40. The van der Waals surface area contributed by atoms with Gasteiger partial charge in [-0.1, -0.05) is 22.9 Å². The van der Waals surface area contributed by atoms with Gasteiger partial charge in [-0.3, -0.25) is 0 Å². The Kier molecular flexibility index (Phi) is 3.52. The van der Waals surface area contributed by atoms with Crippen LogP contribution in [0, 0.1) is 11.3 Å². The molecule has 3 nitrogen and oxygen atoms in total. The van der Waals surface area contributed by atoms with Gasteiger partial charge in [-0.2, -0.15) is 5.26 Å². The van der Waals surface area contributed by atoms with Gasteiger partial charge in [-0.05, 0) is 12.5 Å². The van der Waals surface area contributed by atoms with Gasteiger partial charge in [-0.15, -0.1) is 11.3 Å². The molecule has 0 fully saturated rings. The van der Waals surface area contributed by atoms with Crippen LogP contribution in [-0.4, -0.2) is 15.3 Å². The monoisotopic (exact) mass is 295 g/mol. The van der Waals surface area contributed by atoms with E-state index < -0.39 is 0 Å². The van der Waals surface area contributed by atoms with Crippen molar-refractivity contribution in [3.63, 3.8) is 0 Å². The van der Waals surface area contributed by atoms with Gasteiger partial charge in [0.25, 0.3) is 0 Å². The van der Waals surface area contributed by atoms with Gasteiger partial charge in [0.15, 0.2) is 0 Å². The highest BCUT2D eigenvalue weighted by Crippen LogP contribution is 2.29. The van der Waals surface area contributed by atoms with Crippen LogP contribution in [0.15, 0.2) is 12.4 Å². The lowest BCUT2D eigenvalue weighted by atomic mass is 10.1. The van der Waals surface area contributed by atoms with E-state index in [1.54, 1.807) is 17.7 Å². The van der Waals surface area contributed by atoms with Crippen LogP contribution in [0.4, 0.5) is 0 Å². The van der Waals surface area contributed by atoms with Crippen molar-refractivity contribution in [3.8, 4) is 6.07 Å². The quantitative estimate of drug-likeness (QED) is 0.817. The SMILES string of the molecule is CCc1cc2c(C(C#N)CBr)ncnc2s1. The first-order valence-electron chi connectivity index (χ1n) is 4.99. The highest BCUT2D eigenvalue weighted by molar-refractivity contribution is 9.09. The van der Waals surface area contributed by atoms with Gasteiger partial charge in [0, 0.05) is 15.6 Å². The molecule has 0 spiro atoms. The Balaban J connectivity index is 2.61. The number of nitrogens with zero attached hydrogens (tertiary/aromatic N) is 3. The van der Waals surface area contributed by atoms with Gasteiger partial charge in [0.05, 0.1) is 17.7 Å². The zero-order valence-corrected chi connectivity index (χ0v) is 11.2. The van der Waals surface area contributed by atoms with E-state index in [4.69, 9.17) is 5.26 Å². The van der Waals surface area contributed by atoms with Crippen molar-refractivity contribution in [1.29, 1.82) is 5.26 Å². The molecule has 0 N–H and O–H groups in total. The molecule has 0 saturated heterocycles. The first kappa shape index (κ1) is 11.5. The summed E-state index contributed by atoms with van der Waals surface area (Å²) >= 11 is 5.02. The largest absolute Gasteiger partial charge is 0.239 e. The van der Waals surface area contributed by atoms with Crippen molar-refractivity contribution in [1.82, 2.24) is 9.97 Å². The second kappa shape index (κ2) is 4.89. The number of thiophene rings is 1. The second-order valence-electron chi connectivity index (χ2n) is 3.38. The lowest BCUT2D eigenvalue weighted by Gasteiger charge is -2.04. The van der Waals surface area contributed by atoms with Crippen LogP contribution in [0.5, 0.6) is 0 Å². The third kappa shape index (κ3) is 1.95. The molecule has 1 unspecified atom stereocenters. The molecule has 2 aromatic rings. The van der Waals surface area contributed by atoms with E-state index in [2.05, 4.69) is 45.0 Å². The van der Waals surface area contributed by atoms with Gasteiger partial charge in [0.2, 0.25) is 0 Å². The van der Waals surface area contributed by atoms with E-state index in [1.807, 2.05) is 0 Å². The van der Waals surface area contributed by atoms with Crippen molar-refractivity contribution in [2.45, 2.75) is 19.3 Å². The first-order valence-corrected chi connectivity index (χ1v) is 6.92. The van der Waals surface area contributed by atoms with Gasteiger partial charge in [-0.25, -0.2) is 9.97 Å². The summed E-state index contributed by atoms with van der Waals surface area (Å²) in [5.41, 5.74) is 0.834. The molecule has 5 heteroatoms. The van der Waals surface area contributed by atoms with Crippen molar-refractivity contribution < 1.29 is 0 Å². The Morgan fingerprint density at radius 1 is 1.56 bits per heavy atom. The smallest absolute Gasteiger partial charge is 0.127 e. The van der Waals surface area contributed by atoms with Crippen LogP contribution >= 0.6 is 27.3 Å². The van der Waals surface area contributed by atoms with Gasteiger partial charge >= 0.3 is 0 Å². The molecule has 0 aliphatic carbocycles. The molecular formula is C11H10BrN3S. The first-order chi connectivity index (χ1) is 7.80. The predicted octanol–water partition coefficient (Wildman–Crippen LogP) is 3.26. The van der Waals surface area contributed by atoms with Crippen LogP contribution in [0.1, 0.15) is 23.4 Å². The molecule has 0 aromatic carbocycles. The van der Waals surface area contributed by atoms with Crippen LogP contribution in [0.2, 0.25) is 0 Å². The maximum atomic E-state index is 9.07. The number of fused-ring (bicyclic) bond motifs is 1. The molecular weight excluding hydrogens is 286 g/mol. The van der Waals surface area contributed by atoms with Crippen molar-refractivity contribution in [3.05, 3.63) is 23.0 Å². The Morgan fingerprint density at radius 2 is 2.38 bits per heavy atom. The molecule has 1 atom stereocenters. The minimum atomic E-state index is -0.204. The van der Waals surface area contributed by atoms with Crippen LogP contribution in [0.3, 0.4) is 0 Å². The average Bonchev–Trinajstić information content (AvgIpc) is 2.74. The topological polar surface area (TPSA) is 49.6 Å². The van der Waals surface area contributed by atoms with E-state index >= 15 is 0 Å². The maximum Gasteiger partial charge on any atom is 0.127 e. The summed E-state index contributed by atoms with van der Waals surface area (Å²) in [6.45, 7) is 2.12. The highest BCUT2D eigenvalue weighted by Gasteiger charge is 2.16. The second-order valence-corrected chi connectivity index (χ2v) is 5.14. The van der Waals surface area contributed by atoms with Crippen LogP contribution in [0.25, 0.3) is 10.2 Å². The fraction of sp³-hybridized carbons (Fsp3) is 0.364. The number of hydrogen-bond acceptors (Lipinski definition) is 4. The molecule has 16 heavy (non-hydrogen) atoms. The zero-order valence-electron chi connectivity index (χ0n) is 8.77. The molecule has 2 heterocycles. The molecule has 2 rings (SSSR count). The van der Waals surface area contributed by atoms with Gasteiger partial charge < -0.3 is 0 Å². The van der Waals surface area contributed by atoms with Crippen molar-refractivity contribution in [2.24, 2.45) is 0 Å². The Labute approximate surface area is 106 Å². The summed E-state index contributed by atoms with van der Waals surface area (Å²) in [7, 11) is 0. The maximum absolute atomic E-state index is 9.07. The normalized spacial score (nSPS) is 12.6. The van der Waals surface area contributed by atoms with Crippen molar-refractivity contribution in [2.75, 3.05) is 5.33 Å². The predicted molar refractivity (Wildman–Crippen MR) is 68.9 cm³/mol. The fourth-order valence-corrected chi connectivity index (χ4v) is 2.94. The lowest BCUT2D eigenvalue weighted by Crippen LogP contribution is -2.00. The Bertz CT molecular complexity index is 544. The number of aryl methyl sites for hydroxylation is 1. The van der Waals surface area contributed by atoms with Gasteiger partial charge in [0.1, 0.15) is 11.2 Å². The van der Waals surface area contributed by atoms with Crippen LogP contribution in [-0.2, 0) is 6.42 Å². The number of aromatic nitrogens is 2. The minimum Gasteiger partial charge on any atom is -0.239 e. The van der Waals surface area contributed by atoms with E-state index in [9.17, 15) is 0 Å². The van der Waals surface area contributed by atoms with E-state index in [0.717, 1.165) is 22.3 Å². The zero-order chi connectivity index (χ0) is 11.5. The minimum absolute atomic E-state index is 0.204. The number of nitriles is 1. The molecule has 0 amide bonds. The summed E-state index contributed by atoms with van der Waals surface area (Å²) in [6.07, 6.45) is 2.53.